The Morgan fingerprint density at radius 1 is 1.24 bits per heavy atom. The highest BCUT2D eigenvalue weighted by molar-refractivity contribution is 7.94. The SMILES string of the molecule is CCC1C=C(C(=O)NCc2ccc(C(F)(F)F)cc2)S(=O)(=O)N(CC(=O)NO)C1. The van der Waals surface area contributed by atoms with Gasteiger partial charge in [0.1, 0.15) is 4.91 Å². The molecule has 29 heavy (non-hydrogen) atoms. The fourth-order valence-electron chi connectivity index (χ4n) is 2.72. The third-order valence-corrected chi connectivity index (χ3v) is 6.21. The Labute approximate surface area is 165 Å². The van der Waals surface area contributed by atoms with Gasteiger partial charge in [0.2, 0.25) is 10.0 Å². The third-order valence-electron chi connectivity index (χ3n) is 4.37. The molecule has 1 aliphatic rings. The van der Waals surface area contributed by atoms with E-state index in [1.54, 1.807) is 6.92 Å². The fraction of sp³-hybridized carbons (Fsp3) is 0.412. The number of sulfonamides is 1. The summed E-state index contributed by atoms with van der Waals surface area (Å²) in [7, 11) is -4.28. The minimum atomic E-state index is -4.48. The second-order valence-electron chi connectivity index (χ2n) is 6.41. The van der Waals surface area contributed by atoms with Crippen LogP contribution in [0.3, 0.4) is 0 Å². The minimum absolute atomic E-state index is 0.0259. The van der Waals surface area contributed by atoms with Crippen LogP contribution >= 0.6 is 0 Å². The molecule has 2 rings (SSSR count). The lowest BCUT2D eigenvalue weighted by molar-refractivity contribution is -0.137. The van der Waals surface area contributed by atoms with Crippen LogP contribution in [-0.2, 0) is 32.3 Å². The van der Waals surface area contributed by atoms with E-state index in [9.17, 15) is 31.2 Å². The standard InChI is InChI=1S/C17H20F3N3O5S/c1-2-11-7-14(29(27,28)23(9-11)10-15(24)22-26)16(25)21-8-12-3-5-13(6-4-12)17(18,19)20/h3-7,11,26H,2,8-10H2,1H3,(H,21,25)(H,22,24). The molecule has 0 spiro atoms. The fourth-order valence-corrected chi connectivity index (χ4v) is 4.34. The van der Waals surface area contributed by atoms with Gasteiger partial charge in [-0.1, -0.05) is 25.1 Å². The maximum atomic E-state index is 12.6. The number of nitrogens with one attached hydrogen (secondary N) is 2. The van der Waals surface area contributed by atoms with Crippen LogP contribution in [0.1, 0.15) is 24.5 Å². The van der Waals surface area contributed by atoms with Gasteiger partial charge in [-0.15, -0.1) is 0 Å². The summed E-state index contributed by atoms with van der Waals surface area (Å²) >= 11 is 0. The number of hydroxylamine groups is 1. The van der Waals surface area contributed by atoms with Crippen LogP contribution in [0.25, 0.3) is 0 Å². The molecule has 3 N–H and O–H groups in total. The van der Waals surface area contributed by atoms with Gasteiger partial charge in [0.15, 0.2) is 0 Å². The van der Waals surface area contributed by atoms with Gasteiger partial charge in [-0.3, -0.25) is 14.8 Å². The molecule has 160 valence electrons. The maximum absolute atomic E-state index is 12.6. The zero-order chi connectivity index (χ0) is 21.8. The van der Waals surface area contributed by atoms with E-state index in [0.717, 1.165) is 16.4 Å². The highest BCUT2D eigenvalue weighted by Crippen LogP contribution is 2.29. The first kappa shape index (κ1) is 22.8. The van der Waals surface area contributed by atoms with Gasteiger partial charge in [0.25, 0.3) is 11.8 Å². The van der Waals surface area contributed by atoms with Crippen LogP contribution in [0.4, 0.5) is 13.2 Å². The van der Waals surface area contributed by atoms with E-state index >= 15 is 0 Å². The highest BCUT2D eigenvalue weighted by Gasteiger charge is 2.38. The molecular formula is C17H20F3N3O5S. The minimum Gasteiger partial charge on any atom is -0.347 e. The lowest BCUT2D eigenvalue weighted by Gasteiger charge is -2.30. The molecule has 0 saturated carbocycles. The Morgan fingerprint density at radius 3 is 2.38 bits per heavy atom. The van der Waals surface area contributed by atoms with Crippen molar-refractivity contribution in [2.75, 3.05) is 13.1 Å². The number of alkyl halides is 3. The van der Waals surface area contributed by atoms with E-state index in [-0.39, 0.29) is 19.0 Å². The van der Waals surface area contributed by atoms with Gasteiger partial charge in [0.05, 0.1) is 12.1 Å². The number of halogens is 3. The number of hydrogen-bond donors (Lipinski definition) is 3. The van der Waals surface area contributed by atoms with Crippen molar-refractivity contribution in [2.45, 2.75) is 26.1 Å². The van der Waals surface area contributed by atoms with E-state index in [1.807, 2.05) is 0 Å². The average molecular weight is 435 g/mol. The molecular weight excluding hydrogens is 415 g/mol. The smallest absolute Gasteiger partial charge is 0.347 e. The van der Waals surface area contributed by atoms with Crippen molar-refractivity contribution < 1.29 is 36.4 Å². The molecule has 0 saturated heterocycles. The molecule has 12 heteroatoms. The molecule has 1 heterocycles. The van der Waals surface area contributed by atoms with Crippen molar-refractivity contribution in [3.05, 3.63) is 46.4 Å². The van der Waals surface area contributed by atoms with Crippen LogP contribution in [0, 0.1) is 5.92 Å². The number of hydrogen-bond acceptors (Lipinski definition) is 5. The Balaban J connectivity index is 2.15. The van der Waals surface area contributed by atoms with Crippen LogP contribution in [0.15, 0.2) is 35.2 Å². The van der Waals surface area contributed by atoms with Gasteiger partial charge in [-0.25, -0.2) is 13.9 Å². The maximum Gasteiger partial charge on any atom is 0.416 e. The van der Waals surface area contributed by atoms with Crippen molar-refractivity contribution in [3.8, 4) is 0 Å². The molecule has 0 aromatic heterocycles. The second kappa shape index (κ2) is 8.93. The van der Waals surface area contributed by atoms with Crippen LogP contribution in [0.2, 0.25) is 0 Å². The molecule has 2 amide bonds. The molecule has 1 aromatic carbocycles. The summed E-state index contributed by atoms with van der Waals surface area (Å²) in [6.07, 6.45) is -2.69. The summed E-state index contributed by atoms with van der Waals surface area (Å²) in [5, 5.41) is 11.0. The number of nitrogens with zero attached hydrogens (tertiary/aromatic N) is 1. The van der Waals surface area contributed by atoms with Gasteiger partial charge in [-0.05, 0) is 30.0 Å². The molecule has 0 radical (unpaired) electrons. The number of rotatable bonds is 6. The van der Waals surface area contributed by atoms with Crippen molar-refractivity contribution >= 4 is 21.8 Å². The zero-order valence-corrected chi connectivity index (χ0v) is 16.2. The predicted molar refractivity (Wildman–Crippen MR) is 95.6 cm³/mol. The summed E-state index contributed by atoms with van der Waals surface area (Å²) in [5.74, 6) is -2.20. The molecule has 8 nitrogen and oxygen atoms in total. The second-order valence-corrected chi connectivity index (χ2v) is 8.32. The van der Waals surface area contributed by atoms with E-state index in [2.05, 4.69) is 5.32 Å². The van der Waals surface area contributed by atoms with Crippen molar-refractivity contribution in [2.24, 2.45) is 5.92 Å². The van der Waals surface area contributed by atoms with Crippen molar-refractivity contribution in [1.82, 2.24) is 15.1 Å². The summed E-state index contributed by atoms with van der Waals surface area (Å²) in [5.41, 5.74) is 0.855. The highest BCUT2D eigenvalue weighted by atomic mass is 32.2. The van der Waals surface area contributed by atoms with Gasteiger partial charge in [0, 0.05) is 13.1 Å². The Kier molecular flexibility index (Phi) is 7.03. The molecule has 0 aliphatic carbocycles. The van der Waals surface area contributed by atoms with Crippen molar-refractivity contribution in [1.29, 1.82) is 0 Å². The van der Waals surface area contributed by atoms with E-state index in [0.29, 0.717) is 12.0 Å². The number of carbonyl (C=O) groups excluding carboxylic acids is 2. The van der Waals surface area contributed by atoms with Gasteiger partial charge in [-0.2, -0.15) is 17.5 Å². The van der Waals surface area contributed by atoms with Crippen LogP contribution < -0.4 is 10.8 Å². The summed E-state index contributed by atoms with van der Waals surface area (Å²) in [6, 6.07) is 4.08. The Bertz CT molecular complexity index is 898. The average Bonchev–Trinajstić information content (AvgIpc) is 2.66. The summed E-state index contributed by atoms with van der Waals surface area (Å²) < 4.78 is 63.9. The first-order chi connectivity index (χ1) is 13.5. The molecule has 1 aromatic rings. The van der Waals surface area contributed by atoms with E-state index < -0.39 is 45.0 Å². The number of carbonyl (C=O) groups is 2. The number of benzene rings is 1. The van der Waals surface area contributed by atoms with Gasteiger partial charge >= 0.3 is 6.18 Å². The Morgan fingerprint density at radius 2 is 1.86 bits per heavy atom. The van der Waals surface area contributed by atoms with Crippen molar-refractivity contribution in [3.63, 3.8) is 0 Å². The molecule has 1 atom stereocenters. The first-order valence-electron chi connectivity index (χ1n) is 8.58. The largest absolute Gasteiger partial charge is 0.416 e. The first-order valence-corrected chi connectivity index (χ1v) is 10.0. The summed E-state index contributed by atoms with van der Waals surface area (Å²) in [4.78, 5) is 23.3. The number of amides is 2. The monoisotopic (exact) mass is 435 g/mol. The van der Waals surface area contributed by atoms with E-state index in [4.69, 9.17) is 5.21 Å². The predicted octanol–water partition coefficient (Wildman–Crippen LogP) is 1.38. The van der Waals surface area contributed by atoms with E-state index in [1.165, 1.54) is 23.7 Å². The quantitative estimate of drug-likeness (QED) is 0.461. The lowest BCUT2D eigenvalue weighted by atomic mass is 10.1. The Hall–Kier alpha value is -2.44. The molecule has 0 bridgehead atoms. The third kappa shape index (κ3) is 5.55. The van der Waals surface area contributed by atoms with Crippen LogP contribution in [0.5, 0.6) is 0 Å². The molecule has 1 unspecified atom stereocenters. The lowest BCUT2D eigenvalue weighted by Crippen LogP contribution is -2.47. The summed E-state index contributed by atoms with van der Waals surface area (Å²) in [6.45, 7) is 0.916. The normalized spacial score (nSPS) is 19.3. The molecule has 1 aliphatic heterocycles. The van der Waals surface area contributed by atoms with Crippen LogP contribution in [-0.4, -0.2) is 42.8 Å². The topological polar surface area (TPSA) is 116 Å². The molecule has 0 fully saturated rings. The van der Waals surface area contributed by atoms with Gasteiger partial charge < -0.3 is 5.32 Å². The zero-order valence-electron chi connectivity index (χ0n) is 15.4.